The van der Waals surface area contributed by atoms with Gasteiger partial charge >= 0.3 is 5.97 Å². The van der Waals surface area contributed by atoms with Gasteiger partial charge in [-0.1, -0.05) is 79.2 Å². The zero-order valence-electron chi connectivity index (χ0n) is 14.3. The highest BCUT2D eigenvalue weighted by atomic mass is 35.5. The molecule has 0 radical (unpaired) electrons. The Morgan fingerprint density at radius 2 is 1.54 bits per heavy atom. The third kappa shape index (κ3) is 3.44. The van der Waals surface area contributed by atoms with Crippen molar-refractivity contribution in [1.82, 2.24) is 0 Å². The van der Waals surface area contributed by atoms with Crippen LogP contribution in [0, 0.1) is 0 Å². The summed E-state index contributed by atoms with van der Waals surface area (Å²) in [4.78, 5) is 11.5. The zero-order valence-corrected chi connectivity index (χ0v) is 15.1. The van der Waals surface area contributed by atoms with E-state index in [4.69, 9.17) is 11.6 Å². The summed E-state index contributed by atoms with van der Waals surface area (Å²) in [7, 11) is 0. The van der Waals surface area contributed by atoms with Gasteiger partial charge in [0, 0.05) is 5.41 Å². The van der Waals surface area contributed by atoms with E-state index in [2.05, 4.69) is 6.92 Å². The molecule has 1 atom stereocenters. The van der Waals surface area contributed by atoms with Gasteiger partial charge in [0.1, 0.15) is 11.3 Å². The second kappa shape index (κ2) is 7.22. The molecule has 0 spiro atoms. The van der Waals surface area contributed by atoms with Crippen LogP contribution >= 0.6 is 11.6 Å². The van der Waals surface area contributed by atoms with Gasteiger partial charge in [-0.25, -0.2) is 4.79 Å². The van der Waals surface area contributed by atoms with E-state index < -0.39 is 17.1 Å². The highest BCUT2D eigenvalue weighted by molar-refractivity contribution is 6.32. The summed E-state index contributed by atoms with van der Waals surface area (Å²) in [6, 6.07) is 23.1. The predicted molar refractivity (Wildman–Crippen MR) is 103 cm³/mol. The Morgan fingerprint density at radius 1 is 0.962 bits per heavy atom. The summed E-state index contributed by atoms with van der Waals surface area (Å²) in [6.07, 6.45) is 0.665. The number of aromatic carboxylic acids is 1. The molecule has 3 aromatic carbocycles. The lowest BCUT2D eigenvalue weighted by molar-refractivity contribution is 0.0693. The molecule has 3 aromatic rings. The van der Waals surface area contributed by atoms with Crippen molar-refractivity contribution < 1.29 is 15.0 Å². The van der Waals surface area contributed by atoms with Crippen LogP contribution in [0.3, 0.4) is 0 Å². The summed E-state index contributed by atoms with van der Waals surface area (Å²) < 4.78 is 0. The lowest BCUT2D eigenvalue weighted by Crippen LogP contribution is -2.27. The standard InChI is InChI=1S/C22H19ClO3/c1-22(16-10-6-3-7-11-16,14-15-8-4-2-5-9-15)17-12-18(21(25)26)20(24)19(23)13-17/h2-13,24H,14H2,1H3,(H,25,26). The number of halogens is 1. The Kier molecular flexibility index (Phi) is 5.01. The van der Waals surface area contributed by atoms with E-state index in [1.54, 1.807) is 6.07 Å². The van der Waals surface area contributed by atoms with Crippen molar-refractivity contribution in [1.29, 1.82) is 0 Å². The van der Waals surface area contributed by atoms with Crippen molar-refractivity contribution in [3.8, 4) is 5.75 Å². The Labute approximate surface area is 157 Å². The largest absolute Gasteiger partial charge is 0.505 e. The number of benzene rings is 3. The molecule has 0 saturated carbocycles. The SMILES string of the molecule is CC(Cc1ccccc1)(c1ccccc1)c1cc(Cl)c(O)c(C(=O)O)c1. The molecule has 2 N–H and O–H groups in total. The maximum atomic E-state index is 11.5. The third-order valence-electron chi connectivity index (χ3n) is 4.74. The average molecular weight is 367 g/mol. The summed E-state index contributed by atoms with van der Waals surface area (Å²) in [5.41, 5.74) is 2.21. The first kappa shape index (κ1) is 18.0. The number of hydrogen-bond donors (Lipinski definition) is 2. The van der Waals surface area contributed by atoms with Gasteiger partial charge in [-0.15, -0.1) is 0 Å². The van der Waals surface area contributed by atoms with Gasteiger partial charge in [-0.05, 0) is 35.2 Å². The van der Waals surface area contributed by atoms with Crippen molar-refractivity contribution in [3.63, 3.8) is 0 Å². The molecule has 3 nitrogen and oxygen atoms in total. The number of carbonyl (C=O) groups is 1. The van der Waals surface area contributed by atoms with Gasteiger partial charge in [0.15, 0.2) is 0 Å². The quantitative estimate of drug-likeness (QED) is 0.644. The molecule has 0 bridgehead atoms. The average Bonchev–Trinajstić information content (AvgIpc) is 2.65. The molecule has 132 valence electrons. The van der Waals surface area contributed by atoms with Crippen molar-refractivity contribution in [3.05, 3.63) is 100 Å². The third-order valence-corrected chi connectivity index (χ3v) is 5.03. The summed E-state index contributed by atoms with van der Waals surface area (Å²) in [6.45, 7) is 2.06. The molecule has 0 amide bonds. The van der Waals surface area contributed by atoms with E-state index in [-0.39, 0.29) is 10.6 Å². The number of rotatable bonds is 5. The molecule has 1 unspecified atom stereocenters. The molecule has 0 aliphatic rings. The number of carboxylic acid groups (broad SMARTS) is 1. The van der Waals surface area contributed by atoms with Crippen LogP contribution in [-0.2, 0) is 11.8 Å². The maximum absolute atomic E-state index is 11.5. The zero-order chi connectivity index (χ0) is 18.7. The topological polar surface area (TPSA) is 57.5 Å². The summed E-state index contributed by atoms with van der Waals surface area (Å²) >= 11 is 6.15. The normalized spacial score (nSPS) is 13.2. The Balaban J connectivity index is 2.20. The van der Waals surface area contributed by atoms with Crippen LogP contribution in [0.15, 0.2) is 72.8 Å². The van der Waals surface area contributed by atoms with Crippen molar-refractivity contribution in [2.75, 3.05) is 0 Å². The fraction of sp³-hybridized carbons (Fsp3) is 0.136. The van der Waals surface area contributed by atoms with Crippen LogP contribution in [-0.4, -0.2) is 16.2 Å². The molecule has 0 fully saturated rings. The first-order valence-corrected chi connectivity index (χ1v) is 8.65. The number of aromatic hydroxyl groups is 1. The van der Waals surface area contributed by atoms with Crippen LogP contribution in [0.1, 0.15) is 34.0 Å². The minimum atomic E-state index is -1.21. The smallest absolute Gasteiger partial charge is 0.339 e. The van der Waals surface area contributed by atoms with Gasteiger partial charge in [0.05, 0.1) is 5.02 Å². The molecule has 0 saturated heterocycles. The van der Waals surface area contributed by atoms with Crippen LogP contribution in [0.25, 0.3) is 0 Å². The van der Waals surface area contributed by atoms with Crippen LogP contribution in [0.2, 0.25) is 5.02 Å². The molecule has 4 heteroatoms. The molecule has 0 aliphatic heterocycles. The van der Waals surface area contributed by atoms with E-state index in [0.717, 1.165) is 16.7 Å². The number of carboxylic acids is 1. The van der Waals surface area contributed by atoms with Gasteiger partial charge in [0.2, 0.25) is 0 Å². The molecule has 3 rings (SSSR count). The Morgan fingerprint density at radius 3 is 2.12 bits per heavy atom. The molecule has 0 aromatic heterocycles. The summed E-state index contributed by atoms with van der Waals surface area (Å²) in [5.74, 6) is -1.61. The van der Waals surface area contributed by atoms with E-state index in [1.807, 2.05) is 60.7 Å². The van der Waals surface area contributed by atoms with Gasteiger partial charge in [-0.2, -0.15) is 0 Å². The predicted octanol–water partition coefficient (Wildman–Crippen LogP) is 5.29. The lowest BCUT2D eigenvalue weighted by atomic mass is 9.71. The highest BCUT2D eigenvalue weighted by Crippen LogP contribution is 2.40. The van der Waals surface area contributed by atoms with Crippen molar-refractivity contribution in [2.24, 2.45) is 0 Å². The fourth-order valence-corrected chi connectivity index (χ4v) is 3.48. The first-order chi connectivity index (χ1) is 12.4. The highest BCUT2D eigenvalue weighted by Gasteiger charge is 2.31. The lowest BCUT2D eigenvalue weighted by Gasteiger charge is -2.32. The molecular weight excluding hydrogens is 348 g/mol. The van der Waals surface area contributed by atoms with Gasteiger partial charge < -0.3 is 10.2 Å². The van der Waals surface area contributed by atoms with Crippen LogP contribution in [0.4, 0.5) is 0 Å². The van der Waals surface area contributed by atoms with Crippen LogP contribution < -0.4 is 0 Å². The van der Waals surface area contributed by atoms with E-state index in [9.17, 15) is 15.0 Å². The second-order valence-electron chi connectivity index (χ2n) is 6.52. The molecular formula is C22H19ClO3. The first-order valence-electron chi connectivity index (χ1n) is 8.27. The molecule has 0 heterocycles. The van der Waals surface area contributed by atoms with Gasteiger partial charge in [0.25, 0.3) is 0 Å². The maximum Gasteiger partial charge on any atom is 0.339 e. The van der Waals surface area contributed by atoms with Crippen molar-refractivity contribution >= 4 is 17.6 Å². The van der Waals surface area contributed by atoms with E-state index in [1.165, 1.54) is 6.07 Å². The number of hydrogen-bond acceptors (Lipinski definition) is 2. The van der Waals surface area contributed by atoms with E-state index in [0.29, 0.717) is 6.42 Å². The Hall–Kier alpha value is -2.78. The minimum absolute atomic E-state index is 0.0371. The van der Waals surface area contributed by atoms with Gasteiger partial charge in [-0.3, -0.25) is 0 Å². The second-order valence-corrected chi connectivity index (χ2v) is 6.93. The Bertz CT molecular complexity index is 923. The monoisotopic (exact) mass is 366 g/mol. The van der Waals surface area contributed by atoms with E-state index >= 15 is 0 Å². The molecule has 0 aliphatic carbocycles. The summed E-state index contributed by atoms with van der Waals surface area (Å²) in [5, 5.41) is 19.5. The van der Waals surface area contributed by atoms with Crippen LogP contribution in [0.5, 0.6) is 5.75 Å². The minimum Gasteiger partial charge on any atom is -0.505 e. The number of phenols is 1. The fourth-order valence-electron chi connectivity index (χ4n) is 3.26. The molecule has 26 heavy (non-hydrogen) atoms. The van der Waals surface area contributed by atoms with Crippen molar-refractivity contribution in [2.45, 2.75) is 18.8 Å².